The van der Waals surface area contributed by atoms with Crippen molar-refractivity contribution in [3.05, 3.63) is 22.7 Å². The van der Waals surface area contributed by atoms with Crippen LogP contribution in [0, 0.1) is 0 Å². The Balaban J connectivity index is 2.21. The molecule has 1 aromatic rings. The Hall–Kier alpha value is -0.670. The average molecular weight is 336 g/mol. The Morgan fingerprint density at radius 3 is 2.67 bits per heavy atom. The maximum Gasteiger partial charge on any atom is 0.255 e. The van der Waals surface area contributed by atoms with E-state index >= 15 is 0 Å². The number of sulfonamides is 1. The van der Waals surface area contributed by atoms with Crippen molar-refractivity contribution >= 4 is 31.6 Å². The van der Waals surface area contributed by atoms with Crippen LogP contribution in [0.5, 0.6) is 0 Å². The van der Waals surface area contributed by atoms with Gasteiger partial charge in [-0.2, -0.15) is 0 Å². The molecule has 0 aliphatic carbocycles. The Morgan fingerprint density at radius 2 is 2.00 bits per heavy atom. The second kappa shape index (κ2) is 5.54. The molecule has 8 heteroatoms. The highest BCUT2D eigenvalue weighted by Crippen LogP contribution is 2.23. The molecule has 0 bridgehead atoms. The summed E-state index contributed by atoms with van der Waals surface area (Å²) in [6.07, 6.45) is 0. The normalized spacial score (nSPS) is 17.8. The lowest BCUT2D eigenvalue weighted by atomic mass is 10.3. The number of nitrogens with two attached hydrogens (primary N) is 1. The first-order valence-corrected chi connectivity index (χ1v) is 7.67. The van der Waals surface area contributed by atoms with Gasteiger partial charge in [-0.05, 0) is 18.2 Å². The van der Waals surface area contributed by atoms with E-state index in [9.17, 15) is 8.42 Å². The zero-order valence-electron chi connectivity index (χ0n) is 9.60. The Bertz CT molecular complexity index is 529. The lowest BCUT2D eigenvalue weighted by Gasteiger charge is -2.26. The van der Waals surface area contributed by atoms with Gasteiger partial charge in [-0.15, -0.1) is 4.83 Å². The van der Waals surface area contributed by atoms with Gasteiger partial charge in [0.1, 0.15) is 4.90 Å². The van der Waals surface area contributed by atoms with Crippen molar-refractivity contribution in [3.63, 3.8) is 0 Å². The number of ether oxygens (including phenoxy) is 1. The van der Waals surface area contributed by atoms with Crippen LogP contribution in [0.1, 0.15) is 0 Å². The molecule has 0 unspecified atom stereocenters. The zero-order valence-corrected chi connectivity index (χ0v) is 12.0. The molecule has 0 saturated carbocycles. The van der Waals surface area contributed by atoms with Crippen LogP contribution in [-0.2, 0) is 14.8 Å². The van der Waals surface area contributed by atoms with Crippen molar-refractivity contribution in [3.8, 4) is 0 Å². The van der Waals surface area contributed by atoms with Crippen LogP contribution in [0.2, 0.25) is 0 Å². The molecule has 1 saturated heterocycles. The monoisotopic (exact) mass is 335 g/mol. The molecule has 1 heterocycles. The van der Waals surface area contributed by atoms with Crippen molar-refractivity contribution in [1.29, 1.82) is 0 Å². The molecule has 0 aromatic heterocycles. The summed E-state index contributed by atoms with van der Waals surface area (Å²) < 4.78 is 30.2. The van der Waals surface area contributed by atoms with E-state index in [0.29, 0.717) is 30.8 Å². The number of nitrogens with zero attached hydrogens (tertiary/aromatic N) is 1. The molecular weight excluding hydrogens is 322 g/mol. The molecule has 0 spiro atoms. The minimum absolute atomic E-state index is 0.0726. The van der Waals surface area contributed by atoms with Crippen molar-refractivity contribution in [2.75, 3.05) is 32.0 Å². The number of rotatable bonds is 3. The van der Waals surface area contributed by atoms with Crippen molar-refractivity contribution in [2.45, 2.75) is 4.90 Å². The fraction of sp³-hybridized carbons (Fsp3) is 0.400. The first kappa shape index (κ1) is 13.8. The molecule has 3 N–H and O–H groups in total. The minimum atomic E-state index is -3.65. The third-order valence-corrected chi connectivity index (χ3v) is 4.45. The highest BCUT2D eigenvalue weighted by atomic mass is 79.9. The van der Waals surface area contributed by atoms with Gasteiger partial charge in [0, 0.05) is 17.6 Å². The molecule has 18 heavy (non-hydrogen) atoms. The van der Waals surface area contributed by atoms with Gasteiger partial charge in [0.2, 0.25) is 0 Å². The van der Waals surface area contributed by atoms with Crippen LogP contribution in [0.4, 0.5) is 5.69 Å². The van der Waals surface area contributed by atoms with Gasteiger partial charge in [0.25, 0.3) is 10.0 Å². The van der Waals surface area contributed by atoms with E-state index in [1.54, 1.807) is 17.1 Å². The lowest BCUT2D eigenvalue weighted by Crippen LogP contribution is -2.48. The number of nitrogens with one attached hydrogen (secondary N) is 1. The van der Waals surface area contributed by atoms with Crippen LogP contribution in [0.25, 0.3) is 0 Å². The number of hydrazine groups is 1. The second-order valence-corrected chi connectivity index (χ2v) is 6.42. The van der Waals surface area contributed by atoms with Gasteiger partial charge in [0.15, 0.2) is 0 Å². The molecule has 2 rings (SSSR count). The average Bonchev–Trinajstić information content (AvgIpc) is 2.33. The van der Waals surface area contributed by atoms with E-state index in [0.717, 1.165) is 0 Å². The number of morpholine rings is 1. The molecule has 100 valence electrons. The van der Waals surface area contributed by atoms with Crippen LogP contribution in [-0.4, -0.2) is 39.7 Å². The molecule has 1 fully saturated rings. The zero-order chi connectivity index (χ0) is 13.2. The van der Waals surface area contributed by atoms with E-state index in [1.165, 1.54) is 6.07 Å². The number of nitrogen functional groups attached to an aromatic ring is 1. The molecule has 1 aliphatic rings. The second-order valence-electron chi connectivity index (χ2n) is 3.88. The molecular formula is C10H14BrN3O3S. The molecule has 0 radical (unpaired) electrons. The summed E-state index contributed by atoms with van der Waals surface area (Å²) in [4.78, 5) is 2.58. The summed E-state index contributed by atoms with van der Waals surface area (Å²) in [5.41, 5.74) is 5.92. The van der Waals surface area contributed by atoms with Gasteiger partial charge < -0.3 is 10.5 Å². The summed E-state index contributed by atoms with van der Waals surface area (Å²) in [6, 6.07) is 4.74. The van der Waals surface area contributed by atoms with Crippen molar-refractivity contribution < 1.29 is 13.2 Å². The summed E-state index contributed by atoms with van der Waals surface area (Å²) >= 11 is 3.23. The van der Waals surface area contributed by atoms with E-state index in [1.807, 2.05) is 0 Å². The Labute approximate surface area is 114 Å². The number of anilines is 1. The highest BCUT2D eigenvalue weighted by Gasteiger charge is 2.22. The van der Waals surface area contributed by atoms with Gasteiger partial charge in [0.05, 0.1) is 18.9 Å². The summed E-state index contributed by atoms with van der Waals surface area (Å²) in [5.74, 6) is 0. The third kappa shape index (κ3) is 3.21. The van der Waals surface area contributed by atoms with Gasteiger partial charge >= 0.3 is 0 Å². The summed E-state index contributed by atoms with van der Waals surface area (Å²) in [7, 11) is -3.65. The van der Waals surface area contributed by atoms with Crippen molar-refractivity contribution in [2.24, 2.45) is 0 Å². The predicted octanol–water partition coefficient (Wildman–Crippen LogP) is 0.557. The largest absolute Gasteiger partial charge is 0.398 e. The SMILES string of the molecule is Nc1ccc(Br)cc1S(=O)(=O)NN1CCOCC1. The topological polar surface area (TPSA) is 84.7 Å². The molecule has 1 aliphatic heterocycles. The summed E-state index contributed by atoms with van der Waals surface area (Å²) in [6.45, 7) is 2.06. The van der Waals surface area contributed by atoms with E-state index in [2.05, 4.69) is 20.8 Å². The third-order valence-electron chi connectivity index (χ3n) is 2.53. The van der Waals surface area contributed by atoms with E-state index in [-0.39, 0.29) is 10.6 Å². The van der Waals surface area contributed by atoms with E-state index < -0.39 is 10.0 Å². The highest BCUT2D eigenvalue weighted by molar-refractivity contribution is 9.10. The van der Waals surface area contributed by atoms with E-state index in [4.69, 9.17) is 10.5 Å². The minimum Gasteiger partial charge on any atom is -0.398 e. The Kier molecular flexibility index (Phi) is 4.23. The first-order valence-electron chi connectivity index (χ1n) is 5.39. The Morgan fingerprint density at radius 1 is 1.33 bits per heavy atom. The fourth-order valence-electron chi connectivity index (χ4n) is 1.61. The van der Waals surface area contributed by atoms with Gasteiger partial charge in [-0.3, -0.25) is 0 Å². The molecule has 0 atom stereocenters. The summed E-state index contributed by atoms with van der Waals surface area (Å²) in [5, 5.41) is 1.61. The number of hydrogen-bond donors (Lipinski definition) is 2. The standard InChI is InChI=1S/C10H14BrN3O3S/c11-8-1-2-9(12)10(7-8)18(15,16)13-14-3-5-17-6-4-14/h1-2,7,13H,3-6,12H2. The number of benzene rings is 1. The molecule has 1 aromatic carbocycles. The van der Waals surface area contributed by atoms with Crippen LogP contribution in [0.3, 0.4) is 0 Å². The number of hydrogen-bond acceptors (Lipinski definition) is 5. The van der Waals surface area contributed by atoms with Crippen molar-refractivity contribution in [1.82, 2.24) is 9.84 Å². The quantitative estimate of drug-likeness (QED) is 0.788. The number of halogens is 1. The molecule has 6 nitrogen and oxygen atoms in total. The lowest BCUT2D eigenvalue weighted by molar-refractivity contribution is 0.0272. The maximum absolute atomic E-state index is 12.2. The maximum atomic E-state index is 12.2. The molecule has 0 amide bonds. The fourth-order valence-corrected chi connectivity index (χ4v) is 3.41. The van der Waals surface area contributed by atoms with Gasteiger partial charge in [-0.1, -0.05) is 15.9 Å². The predicted molar refractivity (Wildman–Crippen MR) is 71.3 cm³/mol. The van der Waals surface area contributed by atoms with Gasteiger partial charge in [-0.25, -0.2) is 13.4 Å². The smallest absolute Gasteiger partial charge is 0.255 e. The first-order chi connectivity index (χ1) is 8.49. The van der Waals surface area contributed by atoms with Crippen LogP contribution in [0.15, 0.2) is 27.6 Å². The van der Waals surface area contributed by atoms with Crippen LogP contribution < -0.4 is 10.6 Å². The van der Waals surface area contributed by atoms with Crippen LogP contribution >= 0.6 is 15.9 Å².